The Morgan fingerprint density at radius 1 is 0.714 bits per heavy atom. The third-order valence-electron chi connectivity index (χ3n) is 7.81. The fourth-order valence-corrected chi connectivity index (χ4v) is 7.40. The number of pyridine rings is 1. The van der Waals surface area contributed by atoms with E-state index in [4.69, 9.17) is 4.42 Å². The maximum atomic E-state index is 6.43. The van der Waals surface area contributed by atoms with E-state index < -0.39 is 0 Å². The average molecular weight is 469 g/mol. The molecule has 5 aromatic carbocycles. The molecule has 35 heavy (non-hydrogen) atoms. The van der Waals surface area contributed by atoms with E-state index in [0.717, 1.165) is 11.2 Å². The summed E-state index contributed by atoms with van der Waals surface area (Å²) in [7, 11) is 2.17. The summed E-state index contributed by atoms with van der Waals surface area (Å²) in [5.41, 5.74) is 7.27. The fraction of sp³-hybridized carbons (Fsp3) is 0.0938. The van der Waals surface area contributed by atoms with Gasteiger partial charge in [-0.25, -0.2) is 4.57 Å². The van der Waals surface area contributed by atoms with Crippen LogP contribution in [0.15, 0.2) is 93.2 Å². The number of hydrogen-bond acceptors (Lipinski definition) is 2. The minimum atomic E-state index is 0.947. The molecule has 0 radical (unpaired) electrons. The summed E-state index contributed by atoms with van der Waals surface area (Å²) >= 11 is 1.92. The molecule has 1 aliphatic heterocycles. The second-order valence-electron chi connectivity index (χ2n) is 9.71. The van der Waals surface area contributed by atoms with E-state index in [-0.39, 0.29) is 0 Å². The second kappa shape index (κ2) is 6.65. The Morgan fingerprint density at radius 3 is 2.23 bits per heavy atom. The molecule has 2 aromatic heterocycles. The lowest BCUT2D eigenvalue weighted by Crippen LogP contribution is -2.31. The van der Waals surface area contributed by atoms with Crippen LogP contribution in [0.25, 0.3) is 65.5 Å². The first-order valence-corrected chi connectivity index (χ1v) is 12.8. The van der Waals surface area contributed by atoms with Crippen molar-refractivity contribution < 1.29 is 8.98 Å². The highest BCUT2D eigenvalue weighted by Gasteiger charge is 2.32. The van der Waals surface area contributed by atoms with Crippen LogP contribution in [0.2, 0.25) is 0 Å². The standard InChI is InChI=1S/C32H22NOS/c1-17-23-14-19-8-4-5-9-20(19)15-24(23)18(2)32-28(17)30-29-22(12-13-33(30)3)31-25(16-27(29)35-32)21-10-6-7-11-26(21)34-31/h4-16H,1-3H3/q+1. The lowest BCUT2D eigenvalue weighted by atomic mass is 9.90. The summed E-state index contributed by atoms with van der Waals surface area (Å²) in [5, 5.41) is 10.1. The molecule has 0 amide bonds. The quantitative estimate of drug-likeness (QED) is 0.164. The maximum absolute atomic E-state index is 6.43. The number of benzene rings is 5. The van der Waals surface area contributed by atoms with Crippen LogP contribution >= 0.6 is 11.8 Å². The first-order chi connectivity index (χ1) is 17.1. The van der Waals surface area contributed by atoms with E-state index in [0.29, 0.717) is 0 Å². The Morgan fingerprint density at radius 2 is 1.43 bits per heavy atom. The zero-order valence-corrected chi connectivity index (χ0v) is 20.6. The van der Waals surface area contributed by atoms with Gasteiger partial charge in [-0.1, -0.05) is 54.2 Å². The summed E-state index contributed by atoms with van der Waals surface area (Å²) in [6, 6.07) is 26.4. The van der Waals surface area contributed by atoms with Crippen molar-refractivity contribution in [1.82, 2.24) is 0 Å². The average Bonchev–Trinajstić information content (AvgIpc) is 3.26. The van der Waals surface area contributed by atoms with E-state index in [1.54, 1.807) is 0 Å². The van der Waals surface area contributed by atoms with Crippen LogP contribution in [-0.2, 0) is 7.05 Å². The van der Waals surface area contributed by atoms with Gasteiger partial charge in [0.2, 0.25) is 5.69 Å². The van der Waals surface area contributed by atoms with Gasteiger partial charge in [-0.2, -0.15) is 0 Å². The lowest BCUT2D eigenvalue weighted by molar-refractivity contribution is -0.659. The number of para-hydroxylation sites is 1. The first kappa shape index (κ1) is 19.5. The third-order valence-corrected chi connectivity index (χ3v) is 9.07. The van der Waals surface area contributed by atoms with Crippen LogP contribution in [0.4, 0.5) is 0 Å². The fourth-order valence-electron chi connectivity index (χ4n) is 6.08. The van der Waals surface area contributed by atoms with Gasteiger partial charge in [0.15, 0.2) is 6.20 Å². The third kappa shape index (κ3) is 2.44. The van der Waals surface area contributed by atoms with Crippen molar-refractivity contribution >= 4 is 66.0 Å². The highest BCUT2D eigenvalue weighted by atomic mass is 32.2. The monoisotopic (exact) mass is 468 g/mol. The molecule has 7 aromatic rings. The Hall–Kier alpha value is -3.82. The molecular formula is C32H22NOS+. The number of aromatic nitrogens is 1. The number of nitrogens with zero attached hydrogens (tertiary/aromatic N) is 1. The predicted octanol–water partition coefficient (Wildman–Crippen LogP) is 8.62. The van der Waals surface area contributed by atoms with Gasteiger partial charge in [-0.3, -0.25) is 0 Å². The molecule has 0 saturated heterocycles. The van der Waals surface area contributed by atoms with Gasteiger partial charge in [-0.05, 0) is 70.8 Å². The van der Waals surface area contributed by atoms with Crippen LogP contribution in [0.1, 0.15) is 11.1 Å². The van der Waals surface area contributed by atoms with Gasteiger partial charge in [0.05, 0.1) is 10.9 Å². The van der Waals surface area contributed by atoms with Crippen LogP contribution in [-0.4, -0.2) is 0 Å². The molecule has 0 spiro atoms. The molecule has 0 aliphatic carbocycles. The van der Waals surface area contributed by atoms with Gasteiger partial charge in [0, 0.05) is 32.0 Å². The summed E-state index contributed by atoms with van der Waals surface area (Å²) in [6.45, 7) is 4.58. The molecule has 8 rings (SSSR count). The Bertz CT molecular complexity index is 2070. The molecule has 0 N–H and O–H groups in total. The molecule has 1 aliphatic rings. The topological polar surface area (TPSA) is 17.0 Å². The molecule has 0 bridgehead atoms. The Kier molecular flexibility index (Phi) is 3.70. The number of hydrogen-bond donors (Lipinski definition) is 0. The predicted molar refractivity (Wildman–Crippen MR) is 146 cm³/mol. The Labute approximate surface area is 206 Å². The zero-order valence-electron chi connectivity index (χ0n) is 19.8. The summed E-state index contributed by atoms with van der Waals surface area (Å²) in [5.74, 6) is 0. The minimum absolute atomic E-state index is 0.947. The molecule has 0 unspecified atom stereocenters. The zero-order chi connectivity index (χ0) is 23.4. The molecule has 0 atom stereocenters. The highest BCUT2D eigenvalue weighted by Crippen LogP contribution is 2.53. The van der Waals surface area contributed by atoms with Crippen molar-refractivity contribution in [1.29, 1.82) is 0 Å². The van der Waals surface area contributed by atoms with Crippen molar-refractivity contribution in [2.24, 2.45) is 7.05 Å². The molecule has 166 valence electrons. The van der Waals surface area contributed by atoms with Gasteiger partial charge in [0.25, 0.3) is 0 Å². The molecule has 2 nitrogen and oxygen atoms in total. The Balaban J connectivity index is 1.57. The molecular weight excluding hydrogens is 446 g/mol. The van der Waals surface area contributed by atoms with E-state index in [9.17, 15) is 0 Å². The van der Waals surface area contributed by atoms with Gasteiger partial charge in [-0.15, -0.1) is 0 Å². The van der Waals surface area contributed by atoms with E-state index in [1.165, 1.54) is 75.3 Å². The van der Waals surface area contributed by atoms with E-state index in [2.05, 4.69) is 98.4 Å². The van der Waals surface area contributed by atoms with Crippen molar-refractivity contribution in [3.63, 3.8) is 0 Å². The van der Waals surface area contributed by atoms with Crippen LogP contribution < -0.4 is 4.57 Å². The van der Waals surface area contributed by atoms with Crippen molar-refractivity contribution in [3.05, 3.63) is 90.1 Å². The normalized spacial score (nSPS) is 12.9. The van der Waals surface area contributed by atoms with Crippen molar-refractivity contribution in [2.75, 3.05) is 0 Å². The minimum Gasteiger partial charge on any atom is -0.455 e. The largest absolute Gasteiger partial charge is 0.455 e. The van der Waals surface area contributed by atoms with Gasteiger partial charge < -0.3 is 4.42 Å². The SMILES string of the molecule is Cc1c2c(c(C)c3cc4ccccc4cc13)-c1c3c(cc4c5ccccc5oc4c3cc[n+]1C)S2. The number of fused-ring (bicyclic) bond motifs is 8. The number of aryl methyl sites for hydroxylation is 3. The summed E-state index contributed by atoms with van der Waals surface area (Å²) in [6.07, 6.45) is 2.19. The van der Waals surface area contributed by atoms with E-state index >= 15 is 0 Å². The van der Waals surface area contributed by atoms with Crippen LogP contribution in [0, 0.1) is 13.8 Å². The smallest absolute Gasteiger partial charge is 0.222 e. The molecule has 0 fully saturated rings. The molecule has 0 saturated carbocycles. The van der Waals surface area contributed by atoms with Crippen LogP contribution in [0.5, 0.6) is 0 Å². The van der Waals surface area contributed by atoms with Crippen LogP contribution in [0.3, 0.4) is 0 Å². The maximum Gasteiger partial charge on any atom is 0.222 e. The summed E-state index contributed by atoms with van der Waals surface area (Å²) < 4.78 is 8.72. The summed E-state index contributed by atoms with van der Waals surface area (Å²) in [4.78, 5) is 2.67. The van der Waals surface area contributed by atoms with Crippen molar-refractivity contribution in [3.8, 4) is 11.3 Å². The number of furan rings is 1. The molecule has 3 heteroatoms. The molecule has 3 heterocycles. The second-order valence-corrected chi connectivity index (χ2v) is 10.8. The lowest BCUT2D eigenvalue weighted by Gasteiger charge is -2.23. The van der Waals surface area contributed by atoms with Crippen molar-refractivity contribution in [2.45, 2.75) is 23.6 Å². The van der Waals surface area contributed by atoms with Gasteiger partial charge in [0.1, 0.15) is 18.2 Å². The highest BCUT2D eigenvalue weighted by molar-refractivity contribution is 8.00. The first-order valence-electron chi connectivity index (χ1n) is 12.0. The van der Waals surface area contributed by atoms with E-state index in [1.807, 2.05) is 17.8 Å². The van der Waals surface area contributed by atoms with Gasteiger partial charge >= 0.3 is 0 Å². The number of rotatable bonds is 0.